The third kappa shape index (κ3) is 3.47. The fraction of sp³-hybridized carbons (Fsp3) is 0.357. The van der Waals surface area contributed by atoms with Gasteiger partial charge < -0.3 is 19.7 Å². The molecule has 0 aliphatic rings. The summed E-state index contributed by atoms with van der Waals surface area (Å²) in [5.41, 5.74) is 0.859. The zero-order chi connectivity index (χ0) is 14.4. The average Bonchev–Trinajstić information content (AvgIpc) is 3.10. The van der Waals surface area contributed by atoms with Crippen molar-refractivity contribution in [2.45, 2.75) is 12.5 Å². The molecule has 0 aliphatic carbocycles. The minimum atomic E-state index is -0.183. The van der Waals surface area contributed by atoms with E-state index in [0.29, 0.717) is 17.9 Å². The van der Waals surface area contributed by atoms with E-state index in [1.165, 1.54) is 11.3 Å². The van der Waals surface area contributed by atoms with E-state index in [9.17, 15) is 4.79 Å². The number of aliphatic hydroxyl groups excluding tert-OH is 1. The molecule has 5 nitrogen and oxygen atoms in total. The second-order valence-electron chi connectivity index (χ2n) is 4.36. The predicted molar refractivity (Wildman–Crippen MR) is 78.5 cm³/mol. The van der Waals surface area contributed by atoms with E-state index >= 15 is 0 Å². The van der Waals surface area contributed by atoms with Crippen molar-refractivity contribution in [1.82, 2.24) is 9.88 Å². The van der Waals surface area contributed by atoms with Crippen LogP contribution >= 0.6 is 11.3 Å². The number of nitrogens with zero attached hydrogens (tertiary/aromatic N) is 1. The lowest BCUT2D eigenvalue weighted by Gasteiger charge is -2.16. The van der Waals surface area contributed by atoms with Crippen LogP contribution in [0.4, 0.5) is 0 Å². The maximum Gasteiger partial charge on any atom is 0.263 e. The van der Waals surface area contributed by atoms with E-state index in [2.05, 4.69) is 5.32 Å². The van der Waals surface area contributed by atoms with E-state index in [1.54, 1.807) is 7.11 Å². The summed E-state index contributed by atoms with van der Waals surface area (Å²) in [4.78, 5) is 13.0. The van der Waals surface area contributed by atoms with Gasteiger partial charge in [0.05, 0.1) is 18.3 Å². The van der Waals surface area contributed by atoms with Gasteiger partial charge in [0.25, 0.3) is 5.91 Å². The number of amides is 1. The van der Waals surface area contributed by atoms with Crippen LogP contribution in [0.2, 0.25) is 0 Å². The molecule has 0 saturated heterocycles. The van der Waals surface area contributed by atoms with Crippen molar-refractivity contribution >= 4 is 17.2 Å². The van der Waals surface area contributed by atoms with Gasteiger partial charge in [0.15, 0.2) is 0 Å². The molecule has 20 heavy (non-hydrogen) atoms. The summed E-state index contributed by atoms with van der Waals surface area (Å²) < 4.78 is 6.96. The molecular formula is C14H18N2O3S. The highest BCUT2D eigenvalue weighted by molar-refractivity contribution is 7.12. The van der Waals surface area contributed by atoms with Gasteiger partial charge in [-0.05, 0) is 30.0 Å². The summed E-state index contributed by atoms with van der Waals surface area (Å²) >= 11 is 1.40. The summed E-state index contributed by atoms with van der Waals surface area (Å²) in [5, 5.41) is 13.8. The number of nitrogens with one attached hydrogen (secondary N) is 1. The summed E-state index contributed by atoms with van der Waals surface area (Å²) in [6.07, 6.45) is 4.28. The summed E-state index contributed by atoms with van der Waals surface area (Å²) in [6.45, 7) is 0.403. The Balaban J connectivity index is 2.11. The van der Waals surface area contributed by atoms with E-state index in [4.69, 9.17) is 9.84 Å². The highest BCUT2D eigenvalue weighted by atomic mass is 32.1. The molecule has 2 aromatic rings. The van der Waals surface area contributed by atoms with Crippen molar-refractivity contribution in [2.24, 2.45) is 0 Å². The molecule has 6 heteroatoms. The highest BCUT2D eigenvalue weighted by Crippen LogP contribution is 2.21. The molecule has 0 bridgehead atoms. The first-order valence-electron chi connectivity index (χ1n) is 6.37. The summed E-state index contributed by atoms with van der Waals surface area (Å²) in [6, 6.07) is 5.56. The zero-order valence-electron chi connectivity index (χ0n) is 11.3. The third-order valence-corrected chi connectivity index (χ3v) is 3.82. The molecule has 0 spiro atoms. The molecule has 0 aromatic carbocycles. The van der Waals surface area contributed by atoms with Crippen molar-refractivity contribution in [3.05, 3.63) is 40.8 Å². The minimum Gasteiger partial charge on any atom is -0.396 e. The number of rotatable bonds is 7. The minimum absolute atomic E-state index is 0.0171. The van der Waals surface area contributed by atoms with Crippen LogP contribution in [0.3, 0.4) is 0 Å². The van der Waals surface area contributed by atoms with E-state index in [-0.39, 0.29) is 18.6 Å². The summed E-state index contributed by atoms with van der Waals surface area (Å²) in [5.74, 6) is -0.140. The molecular weight excluding hydrogens is 276 g/mol. The van der Waals surface area contributed by atoms with Crippen LogP contribution in [0.25, 0.3) is 5.69 Å². The number of carbonyl (C=O) groups is 1. The van der Waals surface area contributed by atoms with Crippen LogP contribution in [-0.2, 0) is 4.74 Å². The monoisotopic (exact) mass is 294 g/mol. The molecule has 2 N–H and O–H groups in total. The first-order chi connectivity index (χ1) is 9.76. The maximum atomic E-state index is 12.3. The number of methoxy groups -OCH3 is 1. The van der Waals surface area contributed by atoms with Crippen molar-refractivity contribution in [3.8, 4) is 5.69 Å². The molecule has 0 aliphatic heterocycles. The Morgan fingerprint density at radius 3 is 2.90 bits per heavy atom. The maximum absolute atomic E-state index is 12.3. The Morgan fingerprint density at radius 1 is 1.50 bits per heavy atom. The number of thiophene rings is 1. The first kappa shape index (κ1) is 14.8. The number of hydrogen-bond acceptors (Lipinski definition) is 4. The van der Waals surface area contributed by atoms with Crippen LogP contribution < -0.4 is 5.32 Å². The molecule has 0 radical (unpaired) electrons. The largest absolute Gasteiger partial charge is 0.396 e. The van der Waals surface area contributed by atoms with Crippen LogP contribution in [0, 0.1) is 0 Å². The molecule has 2 rings (SSSR count). The molecule has 0 saturated carbocycles. The van der Waals surface area contributed by atoms with Gasteiger partial charge in [0.1, 0.15) is 4.88 Å². The van der Waals surface area contributed by atoms with Gasteiger partial charge in [-0.1, -0.05) is 0 Å². The molecule has 0 fully saturated rings. The zero-order valence-corrected chi connectivity index (χ0v) is 12.1. The van der Waals surface area contributed by atoms with Crippen LogP contribution in [-0.4, -0.2) is 41.9 Å². The lowest BCUT2D eigenvalue weighted by atomic mass is 10.2. The smallest absolute Gasteiger partial charge is 0.263 e. The van der Waals surface area contributed by atoms with Crippen LogP contribution in [0.5, 0.6) is 0 Å². The number of aliphatic hydroxyl groups is 1. The van der Waals surface area contributed by atoms with Gasteiger partial charge in [-0.25, -0.2) is 0 Å². The van der Waals surface area contributed by atoms with Crippen molar-refractivity contribution in [1.29, 1.82) is 0 Å². The van der Waals surface area contributed by atoms with Crippen molar-refractivity contribution < 1.29 is 14.6 Å². The van der Waals surface area contributed by atoms with Gasteiger partial charge in [-0.3, -0.25) is 4.79 Å². The number of ether oxygens (including phenoxy) is 1. The number of hydrogen-bond donors (Lipinski definition) is 2. The highest BCUT2D eigenvalue weighted by Gasteiger charge is 2.18. The van der Waals surface area contributed by atoms with Crippen molar-refractivity contribution in [2.75, 3.05) is 20.3 Å². The molecule has 108 valence electrons. The van der Waals surface area contributed by atoms with Gasteiger partial charge in [0.2, 0.25) is 0 Å². The first-order valence-corrected chi connectivity index (χ1v) is 7.25. The normalized spacial score (nSPS) is 12.3. The topological polar surface area (TPSA) is 63.5 Å². The second-order valence-corrected chi connectivity index (χ2v) is 5.28. The molecule has 1 unspecified atom stereocenters. The molecule has 1 amide bonds. The van der Waals surface area contributed by atoms with Gasteiger partial charge in [-0.2, -0.15) is 0 Å². The fourth-order valence-corrected chi connectivity index (χ4v) is 2.77. The van der Waals surface area contributed by atoms with Crippen LogP contribution in [0.1, 0.15) is 16.1 Å². The second kappa shape index (κ2) is 7.23. The van der Waals surface area contributed by atoms with Crippen LogP contribution in [0.15, 0.2) is 36.0 Å². The third-order valence-electron chi connectivity index (χ3n) is 2.91. The standard InChI is InChI=1S/C14H18N2O3S/c1-19-10-11(4-8-17)15-14(18)13-12(5-9-20-13)16-6-2-3-7-16/h2-3,5-7,9,11,17H,4,8,10H2,1H3,(H,15,18). The molecule has 1 atom stereocenters. The Hall–Kier alpha value is -1.63. The molecule has 2 aromatic heterocycles. The summed E-state index contributed by atoms with van der Waals surface area (Å²) in [7, 11) is 1.58. The fourth-order valence-electron chi connectivity index (χ4n) is 1.98. The Bertz CT molecular complexity index is 530. The SMILES string of the molecule is COCC(CCO)NC(=O)c1sccc1-n1cccc1. The Morgan fingerprint density at radius 2 is 2.25 bits per heavy atom. The van der Waals surface area contributed by atoms with E-state index in [1.807, 2.05) is 40.5 Å². The predicted octanol–water partition coefficient (Wildman–Crippen LogP) is 1.67. The Kier molecular flexibility index (Phi) is 5.34. The van der Waals surface area contributed by atoms with E-state index < -0.39 is 0 Å². The quantitative estimate of drug-likeness (QED) is 0.816. The van der Waals surface area contributed by atoms with E-state index in [0.717, 1.165) is 5.69 Å². The number of aromatic nitrogens is 1. The Labute approximate surface area is 121 Å². The van der Waals surface area contributed by atoms with Crippen molar-refractivity contribution in [3.63, 3.8) is 0 Å². The lowest BCUT2D eigenvalue weighted by molar-refractivity contribution is 0.0882. The molecule has 2 heterocycles. The number of carbonyl (C=O) groups excluding carboxylic acids is 1. The lowest BCUT2D eigenvalue weighted by Crippen LogP contribution is -2.38. The van der Waals surface area contributed by atoms with Gasteiger partial charge in [-0.15, -0.1) is 11.3 Å². The van der Waals surface area contributed by atoms with Gasteiger partial charge >= 0.3 is 0 Å². The van der Waals surface area contributed by atoms with Gasteiger partial charge in [0, 0.05) is 26.1 Å². The average molecular weight is 294 g/mol.